The zero-order chi connectivity index (χ0) is 13.0. The van der Waals surface area contributed by atoms with Crippen LogP contribution in [0.4, 0.5) is 16.2 Å². The Hall–Kier alpha value is -1.39. The van der Waals surface area contributed by atoms with E-state index in [2.05, 4.69) is 15.3 Å². The lowest BCUT2D eigenvalue weighted by molar-refractivity contribution is 0.422. The number of hydrogen-bond donors (Lipinski definition) is 1. The van der Waals surface area contributed by atoms with Gasteiger partial charge in [0.25, 0.3) is 0 Å². The van der Waals surface area contributed by atoms with E-state index in [1.54, 1.807) is 0 Å². The molecule has 0 spiro atoms. The topological polar surface area (TPSA) is 41.1 Å². The molecule has 18 heavy (non-hydrogen) atoms. The molecule has 0 aliphatic heterocycles. The van der Waals surface area contributed by atoms with E-state index in [9.17, 15) is 4.39 Å². The number of nitrogens with one attached hydrogen (secondary N) is 1. The van der Waals surface area contributed by atoms with Gasteiger partial charge in [-0.25, -0.2) is 9.37 Å². The molecule has 0 unspecified atom stereocenters. The molecule has 0 saturated heterocycles. The Morgan fingerprint density at radius 3 is 2.78 bits per heavy atom. The average molecular weight is 252 g/mol. The summed E-state index contributed by atoms with van der Waals surface area (Å²) >= 11 is 0. The summed E-state index contributed by atoms with van der Waals surface area (Å²) in [5, 5.41) is 3.02. The van der Waals surface area contributed by atoms with Crippen LogP contribution in [0.3, 0.4) is 0 Å². The standard InChI is InChI=1S/C13H21FN4/c1-3-15-13-16-9-11(14)12(17-13)18(2)10-7-5-4-6-8-10/h9-10H,3-8H2,1-2H3,(H,15,16,17). The van der Waals surface area contributed by atoms with Crippen LogP contribution < -0.4 is 10.2 Å². The molecule has 1 heterocycles. The molecule has 100 valence electrons. The first-order valence-electron chi connectivity index (χ1n) is 6.71. The summed E-state index contributed by atoms with van der Waals surface area (Å²) in [5.41, 5.74) is 0. The van der Waals surface area contributed by atoms with E-state index in [4.69, 9.17) is 0 Å². The van der Waals surface area contributed by atoms with E-state index < -0.39 is 0 Å². The van der Waals surface area contributed by atoms with Crippen LogP contribution in [0.2, 0.25) is 0 Å². The molecule has 0 atom stereocenters. The summed E-state index contributed by atoms with van der Waals surface area (Å²) in [6, 6.07) is 0.401. The largest absolute Gasteiger partial charge is 0.354 e. The summed E-state index contributed by atoms with van der Waals surface area (Å²) in [5.74, 6) is 0.564. The highest BCUT2D eigenvalue weighted by molar-refractivity contribution is 5.44. The fourth-order valence-corrected chi connectivity index (χ4v) is 2.49. The smallest absolute Gasteiger partial charge is 0.224 e. The van der Waals surface area contributed by atoms with Gasteiger partial charge >= 0.3 is 0 Å². The first-order valence-corrected chi connectivity index (χ1v) is 6.71. The SMILES string of the molecule is CCNc1ncc(F)c(N(C)C2CCCCC2)n1. The number of anilines is 2. The molecule has 1 aliphatic rings. The monoisotopic (exact) mass is 252 g/mol. The summed E-state index contributed by atoms with van der Waals surface area (Å²) < 4.78 is 13.8. The van der Waals surface area contributed by atoms with Crippen LogP contribution in [0.1, 0.15) is 39.0 Å². The molecule has 1 fully saturated rings. The zero-order valence-corrected chi connectivity index (χ0v) is 11.1. The second kappa shape index (κ2) is 5.98. The molecule has 1 aromatic rings. The van der Waals surface area contributed by atoms with Crippen LogP contribution in [-0.2, 0) is 0 Å². The average Bonchev–Trinajstić information content (AvgIpc) is 2.41. The van der Waals surface area contributed by atoms with Crippen molar-refractivity contribution >= 4 is 11.8 Å². The van der Waals surface area contributed by atoms with Gasteiger partial charge in [-0.3, -0.25) is 0 Å². The lowest BCUT2D eigenvalue weighted by atomic mass is 9.94. The second-order valence-corrected chi connectivity index (χ2v) is 4.80. The molecule has 2 rings (SSSR count). The Morgan fingerprint density at radius 1 is 1.39 bits per heavy atom. The van der Waals surface area contributed by atoms with Gasteiger partial charge in [0.15, 0.2) is 11.6 Å². The number of rotatable bonds is 4. The molecule has 1 saturated carbocycles. The van der Waals surface area contributed by atoms with Gasteiger partial charge in [0, 0.05) is 19.6 Å². The minimum atomic E-state index is -0.343. The summed E-state index contributed by atoms with van der Waals surface area (Å²) in [6.07, 6.45) is 7.23. The minimum Gasteiger partial charge on any atom is -0.354 e. The molecule has 0 bridgehead atoms. The van der Waals surface area contributed by atoms with Gasteiger partial charge in [0.1, 0.15) is 0 Å². The van der Waals surface area contributed by atoms with E-state index in [-0.39, 0.29) is 5.82 Å². The third-order valence-electron chi connectivity index (χ3n) is 3.52. The molecule has 0 aromatic carbocycles. The van der Waals surface area contributed by atoms with Crippen molar-refractivity contribution in [1.29, 1.82) is 0 Å². The maximum atomic E-state index is 13.8. The molecule has 0 amide bonds. The molecule has 1 N–H and O–H groups in total. The lowest BCUT2D eigenvalue weighted by Crippen LogP contribution is -2.34. The molecular weight excluding hydrogens is 231 g/mol. The van der Waals surface area contributed by atoms with Gasteiger partial charge in [-0.05, 0) is 19.8 Å². The number of hydrogen-bond acceptors (Lipinski definition) is 4. The zero-order valence-electron chi connectivity index (χ0n) is 11.1. The second-order valence-electron chi connectivity index (χ2n) is 4.80. The van der Waals surface area contributed by atoms with Crippen LogP contribution in [0.15, 0.2) is 6.20 Å². The Balaban J connectivity index is 2.16. The summed E-state index contributed by atoms with van der Waals surface area (Å²) in [4.78, 5) is 10.2. The quantitative estimate of drug-likeness (QED) is 0.894. The predicted octanol–water partition coefficient (Wildman–Crippen LogP) is 2.82. The van der Waals surface area contributed by atoms with Gasteiger partial charge in [0.05, 0.1) is 6.20 Å². The third-order valence-corrected chi connectivity index (χ3v) is 3.52. The van der Waals surface area contributed by atoms with Crippen molar-refractivity contribution in [3.8, 4) is 0 Å². The van der Waals surface area contributed by atoms with Crippen LogP contribution in [0.5, 0.6) is 0 Å². The summed E-state index contributed by atoms with van der Waals surface area (Å²) in [6.45, 7) is 2.70. The molecule has 0 radical (unpaired) electrons. The fraction of sp³-hybridized carbons (Fsp3) is 0.692. The predicted molar refractivity (Wildman–Crippen MR) is 71.4 cm³/mol. The van der Waals surface area contributed by atoms with Gasteiger partial charge in [-0.2, -0.15) is 4.98 Å². The number of nitrogens with zero attached hydrogens (tertiary/aromatic N) is 3. The molecule has 5 heteroatoms. The number of aromatic nitrogens is 2. The molecule has 1 aliphatic carbocycles. The van der Waals surface area contributed by atoms with Crippen molar-refractivity contribution in [3.63, 3.8) is 0 Å². The van der Waals surface area contributed by atoms with Crippen LogP contribution in [0, 0.1) is 5.82 Å². The Labute approximate surface area is 108 Å². The highest BCUT2D eigenvalue weighted by Gasteiger charge is 2.22. The van der Waals surface area contributed by atoms with Crippen molar-refractivity contribution in [2.75, 3.05) is 23.8 Å². The molecular formula is C13H21FN4. The van der Waals surface area contributed by atoms with Crippen LogP contribution >= 0.6 is 0 Å². The fourth-order valence-electron chi connectivity index (χ4n) is 2.49. The van der Waals surface area contributed by atoms with Gasteiger partial charge in [0.2, 0.25) is 5.95 Å². The Kier molecular flexibility index (Phi) is 4.33. The third kappa shape index (κ3) is 2.89. The minimum absolute atomic E-state index is 0.343. The molecule has 4 nitrogen and oxygen atoms in total. The van der Waals surface area contributed by atoms with Gasteiger partial charge in [-0.1, -0.05) is 19.3 Å². The Morgan fingerprint density at radius 2 is 2.11 bits per heavy atom. The highest BCUT2D eigenvalue weighted by Crippen LogP contribution is 2.26. The van der Waals surface area contributed by atoms with E-state index in [0.29, 0.717) is 17.8 Å². The normalized spacial score (nSPS) is 16.6. The summed E-state index contributed by atoms with van der Waals surface area (Å²) in [7, 11) is 1.93. The van der Waals surface area contributed by atoms with Crippen molar-refractivity contribution in [1.82, 2.24) is 9.97 Å². The van der Waals surface area contributed by atoms with Crippen molar-refractivity contribution in [2.45, 2.75) is 45.1 Å². The van der Waals surface area contributed by atoms with Crippen LogP contribution in [0.25, 0.3) is 0 Å². The van der Waals surface area contributed by atoms with E-state index in [0.717, 1.165) is 19.4 Å². The highest BCUT2D eigenvalue weighted by atomic mass is 19.1. The van der Waals surface area contributed by atoms with Gasteiger partial charge in [-0.15, -0.1) is 0 Å². The van der Waals surface area contributed by atoms with Crippen molar-refractivity contribution in [3.05, 3.63) is 12.0 Å². The first kappa shape index (κ1) is 13.1. The first-order chi connectivity index (χ1) is 8.72. The number of halogens is 1. The van der Waals surface area contributed by atoms with E-state index in [1.807, 2.05) is 18.9 Å². The lowest BCUT2D eigenvalue weighted by Gasteiger charge is -2.32. The van der Waals surface area contributed by atoms with Gasteiger partial charge < -0.3 is 10.2 Å². The maximum Gasteiger partial charge on any atom is 0.224 e. The molecule has 1 aromatic heterocycles. The maximum absolute atomic E-state index is 13.8. The van der Waals surface area contributed by atoms with E-state index >= 15 is 0 Å². The van der Waals surface area contributed by atoms with E-state index in [1.165, 1.54) is 25.5 Å². The van der Waals surface area contributed by atoms with Crippen molar-refractivity contribution < 1.29 is 4.39 Å². The van der Waals surface area contributed by atoms with Crippen molar-refractivity contribution in [2.24, 2.45) is 0 Å². The Bertz CT molecular complexity index is 391. The van der Waals surface area contributed by atoms with Crippen LogP contribution in [-0.4, -0.2) is 29.6 Å².